The average Bonchev–Trinajstić information content (AvgIpc) is 3.09. The van der Waals surface area contributed by atoms with Gasteiger partial charge in [0.25, 0.3) is 17.7 Å². The molecule has 0 fully saturated rings. The molecule has 4 rings (SSSR count). The molecule has 3 aromatic carbocycles. The lowest BCUT2D eigenvalue weighted by atomic mass is 10.1. The first-order valence-electron chi connectivity index (χ1n) is 10.4. The number of ether oxygens (including phenoxy) is 2. The number of halogens is 2. The topological polar surface area (TPSA) is 117 Å². The molecule has 0 atom stereocenters. The third-order valence-corrected chi connectivity index (χ3v) is 5.86. The van der Waals surface area contributed by atoms with Gasteiger partial charge in [-0.15, -0.1) is 0 Å². The van der Waals surface area contributed by atoms with E-state index in [1.54, 1.807) is 12.1 Å². The van der Waals surface area contributed by atoms with Crippen molar-refractivity contribution in [1.82, 2.24) is 0 Å². The zero-order valence-corrected chi connectivity index (χ0v) is 20.5. The highest BCUT2D eigenvalue weighted by molar-refractivity contribution is 6.53. The highest BCUT2D eigenvalue weighted by Gasteiger charge is 2.40. The molecule has 1 heterocycles. The smallest absolute Gasteiger partial charge is 0.283 e. The number of phenolic OH excluding ortho intramolecular Hbond substituents is 1. The summed E-state index contributed by atoms with van der Waals surface area (Å²) in [7, 11) is 2.89. The number of nitrogens with one attached hydrogen (secondary N) is 2. The van der Waals surface area contributed by atoms with Crippen LogP contribution in [0.1, 0.15) is 10.4 Å². The van der Waals surface area contributed by atoms with Gasteiger partial charge in [-0.2, -0.15) is 0 Å². The Morgan fingerprint density at radius 3 is 2.31 bits per heavy atom. The number of aromatic hydroxyl groups is 1. The van der Waals surface area contributed by atoms with E-state index in [4.69, 9.17) is 32.7 Å². The second kappa shape index (κ2) is 10.2. The summed E-state index contributed by atoms with van der Waals surface area (Å²) >= 11 is 12.1. The zero-order valence-electron chi connectivity index (χ0n) is 19.0. The fraction of sp³-hybridized carbons (Fsp3) is 0.0800. The molecule has 0 saturated carbocycles. The Morgan fingerprint density at radius 1 is 0.917 bits per heavy atom. The minimum Gasteiger partial charge on any atom is -0.506 e. The van der Waals surface area contributed by atoms with Gasteiger partial charge >= 0.3 is 0 Å². The van der Waals surface area contributed by atoms with Crippen molar-refractivity contribution in [2.24, 2.45) is 0 Å². The number of carbonyl (C=O) groups is 3. The van der Waals surface area contributed by atoms with E-state index in [0.29, 0.717) is 16.5 Å². The normalized spacial score (nSPS) is 13.2. The molecular formula is C25H19Cl2N3O6. The highest BCUT2D eigenvalue weighted by Crippen LogP contribution is 2.37. The van der Waals surface area contributed by atoms with Crippen LogP contribution >= 0.6 is 23.2 Å². The molecule has 36 heavy (non-hydrogen) atoms. The number of rotatable bonds is 7. The number of carbonyl (C=O) groups excluding carboxylic acids is 3. The fourth-order valence-corrected chi connectivity index (χ4v) is 3.84. The first kappa shape index (κ1) is 24.9. The number of benzene rings is 3. The summed E-state index contributed by atoms with van der Waals surface area (Å²) in [6.07, 6.45) is 0. The van der Waals surface area contributed by atoms with Gasteiger partial charge in [0.15, 0.2) is 0 Å². The predicted molar refractivity (Wildman–Crippen MR) is 136 cm³/mol. The summed E-state index contributed by atoms with van der Waals surface area (Å²) in [4.78, 5) is 39.4. The van der Waals surface area contributed by atoms with Crippen LogP contribution in [0, 0.1) is 0 Å². The third kappa shape index (κ3) is 4.79. The van der Waals surface area contributed by atoms with E-state index in [1.807, 2.05) is 0 Å². The van der Waals surface area contributed by atoms with E-state index < -0.39 is 17.7 Å². The van der Waals surface area contributed by atoms with E-state index in [0.717, 1.165) is 4.90 Å². The fourth-order valence-electron chi connectivity index (χ4n) is 3.45. The predicted octanol–water partition coefficient (Wildman–Crippen LogP) is 4.75. The molecule has 1 aliphatic heterocycles. The number of methoxy groups -OCH3 is 2. The lowest BCUT2D eigenvalue weighted by Crippen LogP contribution is -2.32. The number of anilines is 3. The SMILES string of the molecule is COc1ccc(N2C(=O)C(Cl)=C(Nc3ccc(C(=O)Nc4cc(Cl)ccc4O)cc3)C2=O)c(OC)c1. The van der Waals surface area contributed by atoms with Gasteiger partial charge in [0, 0.05) is 22.3 Å². The molecule has 0 bridgehead atoms. The van der Waals surface area contributed by atoms with Gasteiger partial charge in [-0.1, -0.05) is 23.2 Å². The number of hydrogen-bond acceptors (Lipinski definition) is 7. The Morgan fingerprint density at radius 2 is 1.64 bits per heavy atom. The van der Waals surface area contributed by atoms with Crippen LogP contribution in [-0.2, 0) is 9.59 Å². The van der Waals surface area contributed by atoms with Crippen molar-refractivity contribution < 1.29 is 29.0 Å². The molecular weight excluding hydrogens is 509 g/mol. The molecule has 3 N–H and O–H groups in total. The summed E-state index contributed by atoms with van der Waals surface area (Å²) in [6.45, 7) is 0. The largest absolute Gasteiger partial charge is 0.506 e. The first-order chi connectivity index (χ1) is 17.2. The molecule has 0 spiro atoms. The molecule has 0 unspecified atom stereocenters. The minimum atomic E-state index is -0.718. The molecule has 1 aliphatic rings. The molecule has 184 valence electrons. The van der Waals surface area contributed by atoms with Gasteiger partial charge in [-0.05, 0) is 54.6 Å². The lowest BCUT2D eigenvalue weighted by Gasteiger charge is -2.18. The zero-order chi connectivity index (χ0) is 26.0. The summed E-state index contributed by atoms with van der Waals surface area (Å²) in [5.74, 6) is -1.27. The number of nitrogens with zero attached hydrogens (tertiary/aromatic N) is 1. The van der Waals surface area contributed by atoms with E-state index >= 15 is 0 Å². The number of imide groups is 1. The molecule has 0 radical (unpaired) electrons. The van der Waals surface area contributed by atoms with Crippen molar-refractivity contribution in [1.29, 1.82) is 0 Å². The van der Waals surface area contributed by atoms with Crippen LogP contribution in [0.15, 0.2) is 71.4 Å². The molecule has 3 amide bonds. The summed E-state index contributed by atoms with van der Waals surface area (Å²) in [6, 6.07) is 15.0. The Hall–Kier alpha value is -4.21. The standard InChI is InChI=1S/C25H19Cl2N3O6/c1-35-16-8-9-18(20(12-16)36-2)30-24(33)21(27)22(25(30)34)28-15-6-3-13(4-7-15)23(32)29-17-11-14(26)5-10-19(17)31/h3-12,28,31H,1-2H3,(H,29,32). The van der Waals surface area contributed by atoms with Crippen LogP contribution in [0.3, 0.4) is 0 Å². The van der Waals surface area contributed by atoms with Crippen molar-refractivity contribution in [3.05, 3.63) is 82.0 Å². The van der Waals surface area contributed by atoms with Crippen LogP contribution in [0.25, 0.3) is 0 Å². The number of phenols is 1. The first-order valence-corrected chi connectivity index (χ1v) is 11.2. The summed E-state index contributed by atoms with van der Waals surface area (Å²) in [5.41, 5.74) is 0.935. The molecule has 3 aromatic rings. The number of amides is 3. The van der Waals surface area contributed by atoms with Crippen molar-refractivity contribution in [3.8, 4) is 17.2 Å². The Bertz CT molecular complexity index is 1410. The maximum atomic E-state index is 13.1. The van der Waals surface area contributed by atoms with Gasteiger partial charge in [0.2, 0.25) is 0 Å². The van der Waals surface area contributed by atoms with Crippen LogP contribution in [0.4, 0.5) is 17.1 Å². The average molecular weight is 528 g/mol. The Kier molecular flexibility index (Phi) is 7.05. The molecule has 0 saturated heterocycles. The van der Waals surface area contributed by atoms with Crippen molar-refractivity contribution in [2.75, 3.05) is 29.8 Å². The Balaban J connectivity index is 1.51. The lowest BCUT2D eigenvalue weighted by molar-refractivity contribution is -0.120. The Labute approximate surface area is 215 Å². The van der Waals surface area contributed by atoms with Crippen LogP contribution < -0.4 is 25.0 Å². The van der Waals surface area contributed by atoms with Gasteiger partial charge in [-0.3, -0.25) is 14.4 Å². The molecule has 11 heteroatoms. The van der Waals surface area contributed by atoms with Gasteiger partial charge in [0.05, 0.1) is 25.6 Å². The van der Waals surface area contributed by atoms with Gasteiger partial charge < -0.3 is 25.2 Å². The minimum absolute atomic E-state index is 0.124. The molecule has 0 aliphatic carbocycles. The van der Waals surface area contributed by atoms with Crippen LogP contribution in [0.5, 0.6) is 17.2 Å². The quantitative estimate of drug-likeness (QED) is 0.299. The van der Waals surface area contributed by atoms with Crippen molar-refractivity contribution in [2.45, 2.75) is 0 Å². The van der Waals surface area contributed by atoms with Crippen LogP contribution in [0.2, 0.25) is 5.02 Å². The van der Waals surface area contributed by atoms with E-state index in [-0.39, 0.29) is 39.2 Å². The second-order valence-corrected chi connectivity index (χ2v) is 8.30. The highest BCUT2D eigenvalue weighted by atomic mass is 35.5. The van der Waals surface area contributed by atoms with Crippen LogP contribution in [-0.4, -0.2) is 37.0 Å². The maximum Gasteiger partial charge on any atom is 0.283 e. The van der Waals surface area contributed by atoms with E-state index in [1.165, 1.54) is 62.8 Å². The molecule has 9 nitrogen and oxygen atoms in total. The van der Waals surface area contributed by atoms with Crippen molar-refractivity contribution >= 4 is 58.0 Å². The maximum absolute atomic E-state index is 13.1. The molecule has 0 aromatic heterocycles. The van der Waals surface area contributed by atoms with E-state index in [9.17, 15) is 19.5 Å². The van der Waals surface area contributed by atoms with Gasteiger partial charge in [0.1, 0.15) is 28.0 Å². The number of hydrogen-bond donors (Lipinski definition) is 3. The monoisotopic (exact) mass is 527 g/mol. The van der Waals surface area contributed by atoms with Gasteiger partial charge in [-0.25, -0.2) is 4.90 Å². The van der Waals surface area contributed by atoms with E-state index in [2.05, 4.69) is 10.6 Å². The third-order valence-electron chi connectivity index (χ3n) is 5.28. The second-order valence-electron chi connectivity index (χ2n) is 7.49. The summed E-state index contributed by atoms with van der Waals surface area (Å²) < 4.78 is 10.5. The summed E-state index contributed by atoms with van der Waals surface area (Å²) in [5, 5.41) is 15.4. The van der Waals surface area contributed by atoms with Crippen molar-refractivity contribution in [3.63, 3.8) is 0 Å².